The summed E-state index contributed by atoms with van der Waals surface area (Å²) in [7, 11) is 6.62. The number of ether oxygens (including phenoxy) is 1. The molecule has 0 heterocycles. The van der Waals surface area contributed by atoms with E-state index in [9.17, 15) is 0 Å². The summed E-state index contributed by atoms with van der Waals surface area (Å²) in [6.07, 6.45) is 2.67. The van der Waals surface area contributed by atoms with Gasteiger partial charge >= 0.3 is 0 Å². The molecule has 2 nitrogen and oxygen atoms in total. The molecule has 0 aromatic heterocycles. The molecule has 0 aliphatic carbocycles. The highest BCUT2D eigenvalue weighted by atomic mass is 35.5. The van der Waals surface area contributed by atoms with Gasteiger partial charge in [0.1, 0.15) is 12.6 Å². The number of quaternary nitrogens is 1. The van der Waals surface area contributed by atoms with Crippen LogP contribution >= 0.6 is 0 Å². The van der Waals surface area contributed by atoms with Crippen LogP contribution in [0.5, 0.6) is 0 Å². The highest BCUT2D eigenvalue weighted by molar-refractivity contribution is 4.52. The number of hydrogen-bond donors (Lipinski definition) is 0. The van der Waals surface area contributed by atoms with Crippen LogP contribution in [0.3, 0.4) is 0 Å². The van der Waals surface area contributed by atoms with Crippen LogP contribution in [0.15, 0.2) is 0 Å². The van der Waals surface area contributed by atoms with E-state index >= 15 is 0 Å². The van der Waals surface area contributed by atoms with Gasteiger partial charge in [-0.25, -0.2) is 0 Å². The van der Waals surface area contributed by atoms with Crippen LogP contribution < -0.4 is 12.4 Å². The van der Waals surface area contributed by atoms with Crippen LogP contribution in [0.1, 0.15) is 26.7 Å². The van der Waals surface area contributed by atoms with Crippen LogP contribution in [0.4, 0.5) is 0 Å². The van der Waals surface area contributed by atoms with Crippen LogP contribution in [0.25, 0.3) is 0 Å². The van der Waals surface area contributed by atoms with Crippen LogP contribution in [-0.2, 0) is 4.74 Å². The number of hydrogen-bond acceptors (Lipinski definition) is 1. The molecule has 0 bridgehead atoms. The molecule has 0 saturated carbocycles. The summed E-state index contributed by atoms with van der Waals surface area (Å²) >= 11 is 0. The van der Waals surface area contributed by atoms with E-state index in [1.54, 1.807) is 0 Å². The fourth-order valence-electron chi connectivity index (χ4n) is 1.20. The van der Waals surface area contributed by atoms with Gasteiger partial charge in [0.25, 0.3) is 0 Å². The van der Waals surface area contributed by atoms with Crippen molar-refractivity contribution in [2.24, 2.45) is 0 Å². The average Bonchev–Trinajstić information content (AvgIpc) is 1.95. The van der Waals surface area contributed by atoms with Crippen molar-refractivity contribution in [1.29, 1.82) is 0 Å². The molecular weight excluding hydrogens is 186 g/mol. The van der Waals surface area contributed by atoms with Crippen LogP contribution in [0, 0.1) is 0 Å². The van der Waals surface area contributed by atoms with Crippen molar-refractivity contribution in [2.45, 2.75) is 32.8 Å². The van der Waals surface area contributed by atoms with E-state index < -0.39 is 0 Å². The van der Waals surface area contributed by atoms with Gasteiger partial charge in [-0.1, -0.05) is 13.8 Å². The Morgan fingerprint density at radius 1 is 1.15 bits per heavy atom. The third kappa shape index (κ3) is 10.1. The molecule has 1 atom stereocenters. The van der Waals surface area contributed by atoms with Crippen LogP contribution in [-0.4, -0.2) is 44.9 Å². The molecule has 0 radical (unpaired) electrons. The molecule has 0 fully saturated rings. The highest BCUT2D eigenvalue weighted by Crippen LogP contribution is 2.04. The Balaban J connectivity index is 0. The predicted octanol–water partition coefficient (Wildman–Crippen LogP) is -1.10. The molecule has 0 spiro atoms. The Bertz CT molecular complexity index is 112. The van der Waals surface area contributed by atoms with Crippen molar-refractivity contribution in [3.8, 4) is 0 Å². The molecule has 0 aliphatic rings. The smallest absolute Gasteiger partial charge is 0.106 e. The minimum Gasteiger partial charge on any atom is -1.00 e. The first-order chi connectivity index (χ1) is 5.49. The lowest BCUT2D eigenvalue weighted by atomic mass is 10.2. The van der Waals surface area contributed by atoms with Gasteiger partial charge in [-0.2, -0.15) is 0 Å². The van der Waals surface area contributed by atoms with E-state index in [0.717, 1.165) is 30.5 Å². The van der Waals surface area contributed by atoms with E-state index in [2.05, 4.69) is 35.0 Å². The summed E-state index contributed by atoms with van der Waals surface area (Å²) in [4.78, 5) is 0. The van der Waals surface area contributed by atoms with Gasteiger partial charge in [-0.15, -0.1) is 0 Å². The lowest BCUT2D eigenvalue weighted by Gasteiger charge is -2.28. The first kappa shape index (κ1) is 15.7. The maximum absolute atomic E-state index is 5.70. The second-order valence-electron chi connectivity index (χ2n) is 4.37. The molecule has 1 unspecified atom stereocenters. The Morgan fingerprint density at radius 3 is 2.00 bits per heavy atom. The molecule has 0 aromatic rings. The summed E-state index contributed by atoms with van der Waals surface area (Å²) in [5.74, 6) is 0. The molecule has 0 N–H and O–H groups in total. The van der Waals surface area contributed by atoms with Crippen molar-refractivity contribution in [2.75, 3.05) is 34.3 Å². The van der Waals surface area contributed by atoms with Gasteiger partial charge < -0.3 is 21.6 Å². The maximum Gasteiger partial charge on any atom is 0.106 e. The van der Waals surface area contributed by atoms with Crippen molar-refractivity contribution in [1.82, 2.24) is 0 Å². The SMILES string of the molecule is CCCOC(CC)C[N+](C)(C)C.[Cl-]. The number of halogens is 1. The molecule has 82 valence electrons. The number of likely N-dealkylation sites (N-methyl/N-ethyl adjacent to an activating group) is 1. The minimum atomic E-state index is 0. The average molecular weight is 210 g/mol. The number of nitrogens with zero attached hydrogens (tertiary/aromatic N) is 1. The van der Waals surface area contributed by atoms with Crippen molar-refractivity contribution >= 4 is 0 Å². The molecule has 0 rings (SSSR count). The van der Waals surface area contributed by atoms with Crippen molar-refractivity contribution in [3.05, 3.63) is 0 Å². The first-order valence-electron chi connectivity index (χ1n) is 4.91. The second-order valence-corrected chi connectivity index (χ2v) is 4.37. The Morgan fingerprint density at radius 2 is 1.69 bits per heavy atom. The molecule has 0 aromatic carbocycles. The summed E-state index contributed by atoms with van der Waals surface area (Å²) in [6, 6.07) is 0. The molecule has 0 amide bonds. The van der Waals surface area contributed by atoms with Gasteiger partial charge in [0.15, 0.2) is 0 Å². The lowest BCUT2D eigenvalue weighted by molar-refractivity contribution is -0.873. The van der Waals surface area contributed by atoms with Crippen LogP contribution in [0.2, 0.25) is 0 Å². The van der Waals surface area contributed by atoms with Gasteiger partial charge in [0.2, 0.25) is 0 Å². The third-order valence-electron chi connectivity index (χ3n) is 1.76. The summed E-state index contributed by atoms with van der Waals surface area (Å²) in [5.41, 5.74) is 0. The highest BCUT2D eigenvalue weighted by Gasteiger charge is 2.16. The van der Waals surface area contributed by atoms with E-state index in [-0.39, 0.29) is 12.4 Å². The van der Waals surface area contributed by atoms with Gasteiger partial charge in [0, 0.05) is 6.61 Å². The summed E-state index contributed by atoms with van der Waals surface area (Å²) in [5, 5.41) is 0. The summed E-state index contributed by atoms with van der Waals surface area (Å²) in [6.45, 7) is 6.35. The zero-order valence-corrected chi connectivity index (χ0v) is 10.4. The first-order valence-corrected chi connectivity index (χ1v) is 4.91. The van der Waals surface area contributed by atoms with Crippen molar-refractivity contribution < 1.29 is 21.6 Å². The topological polar surface area (TPSA) is 9.23 Å². The molecular formula is C10H24ClNO. The fraction of sp³-hybridized carbons (Fsp3) is 1.00. The van der Waals surface area contributed by atoms with E-state index in [1.807, 2.05) is 0 Å². The van der Waals surface area contributed by atoms with E-state index in [4.69, 9.17) is 4.74 Å². The normalized spacial score (nSPS) is 13.6. The van der Waals surface area contributed by atoms with Gasteiger partial charge in [-0.3, -0.25) is 0 Å². The summed E-state index contributed by atoms with van der Waals surface area (Å²) < 4.78 is 6.69. The number of rotatable bonds is 6. The quantitative estimate of drug-likeness (QED) is 0.505. The largest absolute Gasteiger partial charge is 1.00 e. The minimum absolute atomic E-state index is 0. The molecule has 0 saturated heterocycles. The lowest BCUT2D eigenvalue weighted by Crippen LogP contribution is -3.00. The van der Waals surface area contributed by atoms with Gasteiger partial charge in [-0.05, 0) is 12.8 Å². The van der Waals surface area contributed by atoms with Gasteiger partial charge in [0.05, 0.1) is 21.1 Å². The maximum atomic E-state index is 5.70. The van der Waals surface area contributed by atoms with E-state index in [1.165, 1.54) is 0 Å². The van der Waals surface area contributed by atoms with Crippen molar-refractivity contribution in [3.63, 3.8) is 0 Å². The molecule has 0 aliphatic heterocycles. The zero-order chi connectivity index (χ0) is 9.61. The molecule has 13 heavy (non-hydrogen) atoms. The molecule has 3 heteroatoms. The predicted molar refractivity (Wildman–Crippen MR) is 53.2 cm³/mol. The second kappa shape index (κ2) is 7.60. The third-order valence-corrected chi connectivity index (χ3v) is 1.76. The standard InChI is InChI=1S/C10H24NO.ClH/c1-6-8-12-10(7-2)9-11(3,4)5;/h10H,6-9H2,1-5H3;1H/q+1;/p-1. The Hall–Kier alpha value is 0.210. The van der Waals surface area contributed by atoms with E-state index in [0.29, 0.717) is 6.10 Å². The fourth-order valence-corrected chi connectivity index (χ4v) is 1.20. The Labute approximate surface area is 89.3 Å². The monoisotopic (exact) mass is 209 g/mol. The Kier molecular flexibility index (Phi) is 9.16. The zero-order valence-electron chi connectivity index (χ0n) is 9.64.